The Morgan fingerprint density at radius 3 is 3.25 bits per heavy atom. The van der Waals surface area contributed by atoms with Crippen LogP contribution in [0.2, 0.25) is 0 Å². The zero-order valence-corrected chi connectivity index (χ0v) is 7.35. The van der Waals surface area contributed by atoms with Gasteiger partial charge in [-0.3, -0.25) is 0 Å². The van der Waals surface area contributed by atoms with E-state index in [1.54, 1.807) is 0 Å². The van der Waals surface area contributed by atoms with Crippen molar-refractivity contribution in [2.45, 2.75) is 13.0 Å². The number of rotatable bonds is 2. The van der Waals surface area contributed by atoms with Gasteiger partial charge in [0.05, 0.1) is 0 Å². The topological polar surface area (TPSA) is 24.1 Å². The van der Waals surface area contributed by atoms with Gasteiger partial charge in [-0.25, -0.2) is 0 Å². The lowest BCUT2D eigenvalue weighted by molar-refractivity contribution is 0.808. The fourth-order valence-electron chi connectivity index (χ4n) is 1.77. The molecule has 2 rings (SSSR count). The Bertz CT molecular complexity index is 281. The fourth-order valence-corrected chi connectivity index (χ4v) is 1.77. The van der Waals surface area contributed by atoms with Crippen LogP contribution in [0, 0.1) is 0 Å². The average molecular weight is 162 g/mol. The molecule has 2 nitrogen and oxygen atoms in total. The molecule has 0 amide bonds. The Kier molecular flexibility index (Phi) is 2.00. The maximum absolute atomic E-state index is 3.37. The molecular formula is C10H14N2. The maximum atomic E-state index is 3.37. The van der Waals surface area contributed by atoms with Crippen LogP contribution in [0.3, 0.4) is 0 Å². The summed E-state index contributed by atoms with van der Waals surface area (Å²) in [6.07, 6.45) is 1.17. The Morgan fingerprint density at radius 1 is 1.50 bits per heavy atom. The highest BCUT2D eigenvalue weighted by Crippen LogP contribution is 2.24. The molecule has 0 aliphatic carbocycles. The fraction of sp³-hybridized carbons (Fsp3) is 0.400. The molecule has 1 heterocycles. The van der Waals surface area contributed by atoms with Crippen LogP contribution in [0.15, 0.2) is 18.2 Å². The zero-order chi connectivity index (χ0) is 8.39. The van der Waals surface area contributed by atoms with Gasteiger partial charge in [0.15, 0.2) is 0 Å². The number of anilines is 1. The molecule has 2 N–H and O–H groups in total. The third kappa shape index (κ3) is 1.18. The monoisotopic (exact) mass is 162 g/mol. The van der Waals surface area contributed by atoms with Gasteiger partial charge < -0.3 is 10.6 Å². The summed E-state index contributed by atoms with van der Waals surface area (Å²) in [4.78, 5) is 0. The summed E-state index contributed by atoms with van der Waals surface area (Å²) in [5.41, 5.74) is 4.24. The SMILES string of the molecule is CNCc1cccc2c1CCN2. The van der Waals surface area contributed by atoms with E-state index in [-0.39, 0.29) is 0 Å². The minimum atomic E-state index is 0.977. The predicted octanol–water partition coefficient (Wildman–Crippen LogP) is 1.37. The summed E-state index contributed by atoms with van der Waals surface area (Å²) >= 11 is 0. The van der Waals surface area contributed by atoms with Crippen LogP contribution in [-0.2, 0) is 13.0 Å². The molecule has 0 saturated carbocycles. The molecular weight excluding hydrogens is 148 g/mol. The van der Waals surface area contributed by atoms with Gasteiger partial charge in [0, 0.05) is 18.8 Å². The van der Waals surface area contributed by atoms with Crippen molar-refractivity contribution in [2.24, 2.45) is 0 Å². The van der Waals surface area contributed by atoms with Gasteiger partial charge in [-0.2, -0.15) is 0 Å². The van der Waals surface area contributed by atoms with E-state index in [0.29, 0.717) is 0 Å². The summed E-state index contributed by atoms with van der Waals surface area (Å²) in [7, 11) is 1.99. The predicted molar refractivity (Wildman–Crippen MR) is 51.4 cm³/mol. The quantitative estimate of drug-likeness (QED) is 0.686. The largest absolute Gasteiger partial charge is 0.384 e. The van der Waals surface area contributed by atoms with E-state index in [0.717, 1.165) is 13.1 Å². The van der Waals surface area contributed by atoms with Gasteiger partial charge >= 0.3 is 0 Å². The molecule has 64 valence electrons. The minimum absolute atomic E-state index is 0.977. The number of nitrogens with one attached hydrogen (secondary N) is 2. The molecule has 0 unspecified atom stereocenters. The van der Waals surface area contributed by atoms with Crippen LogP contribution in [0.25, 0.3) is 0 Å². The second kappa shape index (κ2) is 3.15. The van der Waals surface area contributed by atoms with Crippen LogP contribution in [0.4, 0.5) is 5.69 Å². The van der Waals surface area contributed by atoms with Crippen molar-refractivity contribution in [3.8, 4) is 0 Å². The summed E-state index contributed by atoms with van der Waals surface area (Å²) in [5, 5.41) is 6.56. The van der Waals surface area contributed by atoms with Crippen molar-refractivity contribution in [3.05, 3.63) is 29.3 Å². The van der Waals surface area contributed by atoms with Crippen LogP contribution >= 0.6 is 0 Å². The second-order valence-corrected chi connectivity index (χ2v) is 3.15. The highest BCUT2D eigenvalue weighted by molar-refractivity contribution is 5.58. The smallest absolute Gasteiger partial charge is 0.0376 e. The van der Waals surface area contributed by atoms with Crippen molar-refractivity contribution < 1.29 is 0 Å². The molecule has 0 bridgehead atoms. The van der Waals surface area contributed by atoms with Crippen molar-refractivity contribution in [1.82, 2.24) is 5.32 Å². The summed E-state index contributed by atoms with van der Waals surface area (Å²) in [6, 6.07) is 6.47. The van der Waals surface area contributed by atoms with Crippen LogP contribution in [0.1, 0.15) is 11.1 Å². The molecule has 0 fully saturated rings. The van der Waals surface area contributed by atoms with E-state index in [1.807, 2.05) is 7.05 Å². The molecule has 12 heavy (non-hydrogen) atoms. The van der Waals surface area contributed by atoms with Gasteiger partial charge in [0.2, 0.25) is 0 Å². The van der Waals surface area contributed by atoms with Crippen LogP contribution in [0.5, 0.6) is 0 Å². The van der Waals surface area contributed by atoms with Gasteiger partial charge in [0.25, 0.3) is 0 Å². The summed E-state index contributed by atoms with van der Waals surface area (Å²) in [5.74, 6) is 0. The van der Waals surface area contributed by atoms with Crippen molar-refractivity contribution >= 4 is 5.69 Å². The number of benzene rings is 1. The molecule has 0 atom stereocenters. The van der Waals surface area contributed by atoms with Gasteiger partial charge in [-0.05, 0) is 30.7 Å². The van der Waals surface area contributed by atoms with Crippen molar-refractivity contribution in [3.63, 3.8) is 0 Å². The molecule has 0 radical (unpaired) electrons. The van der Waals surface area contributed by atoms with E-state index in [9.17, 15) is 0 Å². The highest BCUT2D eigenvalue weighted by Gasteiger charge is 2.12. The minimum Gasteiger partial charge on any atom is -0.384 e. The Hall–Kier alpha value is -1.02. The third-order valence-corrected chi connectivity index (χ3v) is 2.33. The third-order valence-electron chi connectivity index (χ3n) is 2.33. The molecule has 1 aromatic carbocycles. The standard InChI is InChI=1S/C10H14N2/c1-11-7-8-3-2-4-10-9(8)5-6-12-10/h2-4,11-12H,5-7H2,1H3. The molecule has 0 spiro atoms. The van der Waals surface area contributed by atoms with Gasteiger partial charge in [-0.1, -0.05) is 12.1 Å². The van der Waals surface area contributed by atoms with E-state index >= 15 is 0 Å². The number of fused-ring (bicyclic) bond motifs is 1. The Morgan fingerprint density at radius 2 is 2.42 bits per heavy atom. The first kappa shape index (κ1) is 7.62. The van der Waals surface area contributed by atoms with Crippen LogP contribution < -0.4 is 10.6 Å². The first-order valence-electron chi connectivity index (χ1n) is 4.41. The molecule has 2 heteroatoms. The first-order chi connectivity index (χ1) is 5.92. The Labute approximate surface area is 73.0 Å². The maximum Gasteiger partial charge on any atom is 0.0376 e. The van der Waals surface area contributed by atoms with Crippen molar-refractivity contribution in [1.29, 1.82) is 0 Å². The summed E-state index contributed by atoms with van der Waals surface area (Å²) < 4.78 is 0. The van der Waals surface area contributed by atoms with Crippen LogP contribution in [-0.4, -0.2) is 13.6 Å². The van der Waals surface area contributed by atoms with E-state index < -0.39 is 0 Å². The van der Waals surface area contributed by atoms with E-state index in [1.165, 1.54) is 23.2 Å². The highest BCUT2D eigenvalue weighted by atomic mass is 14.9. The lowest BCUT2D eigenvalue weighted by Gasteiger charge is -2.06. The molecule has 1 aliphatic rings. The second-order valence-electron chi connectivity index (χ2n) is 3.15. The summed E-state index contributed by atoms with van der Waals surface area (Å²) in [6.45, 7) is 2.07. The Balaban J connectivity index is 2.36. The number of hydrogen-bond acceptors (Lipinski definition) is 2. The molecule has 0 saturated heterocycles. The van der Waals surface area contributed by atoms with Gasteiger partial charge in [0.1, 0.15) is 0 Å². The molecule has 0 aromatic heterocycles. The normalized spacial score (nSPS) is 14.1. The van der Waals surface area contributed by atoms with Gasteiger partial charge in [-0.15, -0.1) is 0 Å². The molecule has 1 aliphatic heterocycles. The lowest BCUT2D eigenvalue weighted by Crippen LogP contribution is -2.06. The van der Waals surface area contributed by atoms with Crippen molar-refractivity contribution in [2.75, 3.05) is 18.9 Å². The number of hydrogen-bond donors (Lipinski definition) is 2. The average Bonchev–Trinajstić information content (AvgIpc) is 2.53. The molecule has 1 aromatic rings. The van der Waals surface area contributed by atoms with E-state index in [2.05, 4.69) is 28.8 Å². The lowest BCUT2D eigenvalue weighted by atomic mass is 10.1. The van der Waals surface area contributed by atoms with E-state index in [4.69, 9.17) is 0 Å². The first-order valence-corrected chi connectivity index (χ1v) is 4.41. The zero-order valence-electron chi connectivity index (χ0n) is 7.35.